The van der Waals surface area contributed by atoms with Crippen LogP contribution in [0.4, 0.5) is 5.69 Å². The van der Waals surface area contributed by atoms with Gasteiger partial charge in [0, 0.05) is 11.7 Å². The van der Waals surface area contributed by atoms with Crippen molar-refractivity contribution < 1.29 is 9.21 Å². The monoisotopic (exact) mass is 410 g/mol. The van der Waals surface area contributed by atoms with Crippen LogP contribution in [0.15, 0.2) is 52.2 Å². The third kappa shape index (κ3) is 4.40. The number of carbonyl (C=O) groups is 1. The van der Waals surface area contributed by atoms with Gasteiger partial charge in [-0.1, -0.05) is 49.2 Å². The Bertz CT molecular complexity index is 961. The number of furan rings is 1. The van der Waals surface area contributed by atoms with Crippen LogP contribution >= 0.6 is 11.8 Å². The zero-order valence-electron chi connectivity index (χ0n) is 16.8. The smallest absolute Gasteiger partial charge is 0.237 e. The van der Waals surface area contributed by atoms with Crippen molar-refractivity contribution in [3.8, 4) is 11.6 Å². The minimum absolute atomic E-state index is 0.0398. The van der Waals surface area contributed by atoms with Gasteiger partial charge >= 0.3 is 0 Å². The lowest BCUT2D eigenvalue weighted by Crippen LogP contribution is -2.24. The summed E-state index contributed by atoms with van der Waals surface area (Å²) < 4.78 is 7.78. The van der Waals surface area contributed by atoms with Gasteiger partial charge in [0.2, 0.25) is 11.7 Å². The standard InChI is InChI=1S/C22H26N4O2S/c1-15-9-6-7-12-18(15)23-21(27)16(2)29-22-25-24-20(19-13-8-14-28-19)26(22)17-10-4-3-5-11-17/h6-9,12-14,16-17H,3-5,10-11H2,1-2H3,(H,23,27). The van der Waals surface area contributed by atoms with Crippen LogP contribution in [0.5, 0.6) is 0 Å². The van der Waals surface area contributed by atoms with Gasteiger partial charge in [0.1, 0.15) is 0 Å². The van der Waals surface area contributed by atoms with Crippen molar-refractivity contribution in [1.29, 1.82) is 0 Å². The van der Waals surface area contributed by atoms with E-state index in [2.05, 4.69) is 20.1 Å². The summed E-state index contributed by atoms with van der Waals surface area (Å²) in [5.74, 6) is 1.42. The third-order valence-corrected chi connectivity index (χ3v) is 6.46. The number of thioether (sulfide) groups is 1. The second-order valence-corrected chi connectivity index (χ2v) is 8.82. The van der Waals surface area contributed by atoms with Crippen molar-refractivity contribution in [2.45, 2.75) is 62.4 Å². The first kappa shape index (κ1) is 19.8. The van der Waals surface area contributed by atoms with Gasteiger partial charge < -0.3 is 9.73 Å². The van der Waals surface area contributed by atoms with Gasteiger partial charge in [0.05, 0.1) is 11.5 Å². The van der Waals surface area contributed by atoms with Crippen LogP contribution < -0.4 is 5.32 Å². The topological polar surface area (TPSA) is 73.0 Å². The van der Waals surface area contributed by atoms with E-state index in [1.165, 1.54) is 31.0 Å². The molecule has 1 amide bonds. The van der Waals surface area contributed by atoms with Gasteiger partial charge in [0.25, 0.3) is 0 Å². The van der Waals surface area contributed by atoms with Gasteiger partial charge in [-0.25, -0.2) is 0 Å². The zero-order valence-corrected chi connectivity index (χ0v) is 17.6. The Morgan fingerprint density at radius 2 is 1.97 bits per heavy atom. The predicted molar refractivity (Wildman–Crippen MR) is 115 cm³/mol. The lowest BCUT2D eigenvalue weighted by Gasteiger charge is -2.25. The highest BCUT2D eigenvalue weighted by atomic mass is 32.2. The summed E-state index contributed by atoms with van der Waals surface area (Å²) in [4.78, 5) is 12.8. The Morgan fingerprint density at radius 3 is 2.69 bits per heavy atom. The first-order valence-corrected chi connectivity index (χ1v) is 11.0. The minimum atomic E-state index is -0.300. The van der Waals surface area contributed by atoms with Crippen LogP contribution in [0.2, 0.25) is 0 Å². The average Bonchev–Trinajstić information content (AvgIpc) is 3.40. The first-order chi connectivity index (χ1) is 14.1. The number of hydrogen-bond donors (Lipinski definition) is 1. The highest BCUT2D eigenvalue weighted by molar-refractivity contribution is 8.00. The van der Waals surface area contributed by atoms with Gasteiger partial charge in [-0.3, -0.25) is 9.36 Å². The molecule has 1 N–H and O–H groups in total. The predicted octanol–water partition coefficient (Wildman–Crippen LogP) is 5.47. The highest BCUT2D eigenvalue weighted by Gasteiger charge is 2.27. The second-order valence-electron chi connectivity index (χ2n) is 7.51. The fraction of sp³-hybridized carbons (Fsp3) is 0.409. The number of amides is 1. The maximum absolute atomic E-state index is 12.8. The summed E-state index contributed by atoms with van der Waals surface area (Å²) in [6.07, 6.45) is 7.53. The average molecular weight is 411 g/mol. The van der Waals surface area contributed by atoms with Crippen molar-refractivity contribution >= 4 is 23.4 Å². The molecule has 7 heteroatoms. The van der Waals surface area contributed by atoms with Crippen molar-refractivity contribution in [2.75, 3.05) is 5.32 Å². The van der Waals surface area contributed by atoms with E-state index in [1.807, 2.05) is 50.2 Å². The maximum Gasteiger partial charge on any atom is 0.237 e. The zero-order chi connectivity index (χ0) is 20.2. The van der Waals surface area contributed by atoms with Crippen molar-refractivity contribution in [2.24, 2.45) is 0 Å². The van der Waals surface area contributed by atoms with Crippen LogP contribution in [0.3, 0.4) is 0 Å². The number of hydrogen-bond acceptors (Lipinski definition) is 5. The van der Waals surface area contributed by atoms with Crippen LogP contribution in [0.1, 0.15) is 50.6 Å². The fourth-order valence-corrected chi connectivity index (χ4v) is 4.68. The van der Waals surface area contributed by atoms with Crippen LogP contribution in [0, 0.1) is 6.92 Å². The number of rotatable bonds is 6. The molecule has 2 heterocycles. The SMILES string of the molecule is Cc1ccccc1NC(=O)C(C)Sc1nnc(-c2ccco2)n1C1CCCCC1. The molecule has 0 radical (unpaired) electrons. The molecule has 6 nitrogen and oxygen atoms in total. The molecule has 0 spiro atoms. The third-order valence-electron chi connectivity index (χ3n) is 5.40. The molecule has 1 unspecified atom stereocenters. The van der Waals surface area contributed by atoms with Gasteiger partial charge in [-0.2, -0.15) is 0 Å². The normalized spacial score (nSPS) is 15.9. The summed E-state index contributed by atoms with van der Waals surface area (Å²) in [6.45, 7) is 3.90. The Kier molecular flexibility index (Phi) is 6.04. The molecule has 29 heavy (non-hydrogen) atoms. The molecule has 1 aliphatic rings. The van der Waals surface area contributed by atoms with Crippen LogP contribution in [-0.2, 0) is 4.79 Å². The minimum Gasteiger partial charge on any atom is -0.461 e. The van der Waals surface area contributed by atoms with Gasteiger partial charge in [-0.15, -0.1) is 10.2 Å². The molecular formula is C22H26N4O2S. The molecule has 0 saturated heterocycles. The molecule has 0 aliphatic heterocycles. The lowest BCUT2D eigenvalue weighted by molar-refractivity contribution is -0.115. The molecule has 4 rings (SSSR count). The van der Waals surface area contributed by atoms with Gasteiger partial charge in [-0.05, 0) is 50.5 Å². The number of nitrogens with zero attached hydrogens (tertiary/aromatic N) is 3. The molecule has 2 aromatic heterocycles. The number of anilines is 1. The number of nitrogens with one attached hydrogen (secondary N) is 1. The molecule has 1 fully saturated rings. The van der Waals surface area contributed by atoms with Crippen molar-refractivity contribution in [3.63, 3.8) is 0 Å². The van der Waals surface area contributed by atoms with E-state index < -0.39 is 0 Å². The van der Waals surface area contributed by atoms with E-state index in [0.717, 1.165) is 35.1 Å². The number of aryl methyl sites for hydroxylation is 1. The van der Waals surface area contributed by atoms with E-state index >= 15 is 0 Å². The van der Waals surface area contributed by atoms with Crippen LogP contribution in [-0.4, -0.2) is 25.9 Å². The van der Waals surface area contributed by atoms with Gasteiger partial charge in [0.15, 0.2) is 10.9 Å². The summed E-state index contributed by atoms with van der Waals surface area (Å²) in [6, 6.07) is 11.9. The fourth-order valence-electron chi connectivity index (χ4n) is 3.76. The summed E-state index contributed by atoms with van der Waals surface area (Å²) in [5, 5.41) is 12.3. The molecule has 1 aromatic carbocycles. The lowest BCUT2D eigenvalue weighted by atomic mass is 9.95. The highest BCUT2D eigenvalue weighted by Crippen LogP contribution is 2.36. The molecule has 152 valence electrons. The maximum atomic E-state index is 12.8. The number of benzene rings is 1. The van der Waals surface area contributed by atoms with Crippen molar-refractivity contribution in [3.05, 3.63) is 48.2 Å². The quantitative estimate of drug-likeness (QED) is 0.546. The van der Waals surface area contributed by atoms with E-state index in [0.29, 0.717) is 11.8 Å². The Balaban J connectivity index is 1.56. The summed E-state index contributed by atoms with van der Waals surface area (Å²) in [7, 11) is 0. The van der Waals surface area contributed by atoms with Crippen LogP contribution in [0.25, 0.3) is 11.6 Å². The van der Waals surface area contributed by atoms with Crippen molar-refractivity contribution in [1.82, 2.24) is 14.8 Å². The molecule has 1 atom stereocenters. The second kappa shape index (κ2) is 8.86. The summed E-state index contributed by atoms with van der Waals surface area (Å²) in [5.41, 5.74) is 1.89. The Hall–Kier alpha value is -2.54. The molecule has 0 bridgehead atoms. The Labute approximate surface area is 175 Å². The van der Waals surface area contributed by atoms with E-state index in [4.69, 9.17) is 4.42 Å². The van der Waals surface area contributed by atoms with E-state index in [9.17, 15) is 4.79 Å². The largest absolute Gasteiger partial charge is 0.461 e. The molecule has 1 aliphatic carbocycles. The number of para-hydroxylation sites is 1. The molecule has 3 aromatic rings. The van der Waals surface area contributed by atoms with E-state index in [-0.39, 0.29) is 11.2 Å². The number of aromatic nitrogens is 3. The Morgan fingerprint density at radius 1 is 1.17 bits per heavy atom. The number of carbonyl (C=O) groups excluding carboxylic acids is 1. The summed E-state index contributed by atoms with van der Waals surface area (Å²) >= 11 is 1.45. The molecular weight excluding hydrogens is 384 g/mol. The first-order valence-electron chi connectivity index (χ1n) is 10.2. The van der Waals surface area contributed by atoms with E-state index in [1.54, 1.807) is 6.26 Å². The molecule has 1 saturated carbocycles.